The van der Waals surface area contributed by atoms with Gasteiger partial charge in [-0.25, -0.2) is 0 Å². The van der Waals surface area contributed by atoms with Crippen molar-refractivity contribution >= 4 is 0 Å². The monoisotopic (exact) mass is 246 g/mol. The van der Waals surface area contributed by atoms with Crippen molar-refractivity contribution in [3.63, 3.8) is 0 Å². The van der Waals surface area contributed by atoms with Crippen molar-refractivity contribution in [1.82, 2.24) is 10.2 Å². The van der Waals surface area contributed by atoms with Gasteiger partial charge in [-0.05, 0) is 32.5 Å². The second-order valence-corrected chi connectivity index (χ2v) is 4.51. The summed E-state index contributed by atoms with van der Waals surface area (Å²) >= 11 is 0. The molecule has 0 aromatic carbocycles. The number of nitrogens with one attached hydrogen (secondary N) is 1. The van der Waals surface area contributed by atoms with Crippen LogP contribution in [0.2, 0.25) is 0 Å². The summed E-state index contributed by atoms with van der Waals surface area (Å²) in [6, 6.07) is 0. The number of hydrogen-bond donors (Lipinski definition) is 1. The van der Waals surface area contributed by atoms with Gasteiger partial charge in [0.25, 0.3) is 0 Å². The van der Waals surface area contributed by atoms with E-state index < -0.39 is 0 Å². The van der Waals surface area contributed by atoms with E-state index in [1.54, 1.807) is 0 Å². The lowest BCUT2D eigenvalue weighted by Gasteiger charge is -2.15. The topological polar surface area (TPSA) is 24.5 Å². The van der Waals surface area contributed by atoms with Crippen LogP contribution in [-0.2, 0) is 4.74 Å². The molecule has 0 aliphatic rings. The molecule has 0 saturated heterocycles. The molecule has 106 valence electrons. The van der Waals surface area contributed by atoms with Crippen LogP contribution < -0.4 is 5.32 Å². The van der Waals surface area contributed by atoms with E-state index in [1.165, 1.54) is 6.42 Å². The maximum atomic E-state index is 5.53. The zero-order chi connectivity index (χ0) is 13.5. The first-order valence-electron chi connectivity index (χ1n) is 7.13. The minimum absolute atomic E-state index is 0.723. The molecule has 1 N–H and O–H groups in total. The predicted octanol–water partition coefficient (Wildman–Crippen LogP) is 2.62. The Kier molecular flexibility index (Phi) is 18.0. The Balaban J connectivity index is 0. The summed E-state index contributed by atoms with van der Waals surface area (Å²) in [6.45, 7) is 16.6. The third kappa shape index (κ3) is 18.4. The van der Waals surface area contributed by atoms with E-state index in [9.17, 15) is 0 Å². The summed E-state index contributed by atoms with van der Waals surface area (Å²) < 4.78 is 5.53. The minimum atomic E-state index is 0.723. The van der Waals surface area contributed by atoms with Crippen LogP contribution in [-0.4, -0.2) is 51.3 Å². The predicted molar refractivity (Wildman–Crippen MR) is 77.7 cm³/mol. The minimum Gasteiger partial charge on any atom is -0.379 e. The highest BCUT2D eigenvalue weighted by molar-refractivity contribution is 4.51. The van der Waals surface area contributed by atoms with Gasteiger partial charge in [-0.1, -0.05) is 34.6 Å². The maximum Gasteiger partial charge on any atom is 0.0593 e. The molecule has 0 aromatic heterocycles. The van der Waals surface area contributed by atoms with E-state index in [1.807, 2.05) is 13.8 Å². The van der Waals surface area contributed by atoms with Crippen molar-refractivity contribution in [2.45, 2.75) is 41.0 Å². The van der Waals surface area contributed by atoms with Crippen molar-refractivity contribution in [3.05, 3.63) is 0 Å². The summed E-state index contributed by atoms with van der Waals surface area (Å²) in [4.78, 5) is 2.31. The molecule has 0 radical (unpaired) electrons. The van der Waals surface area contributed by atoms with Gasteiger partial charge in [-0.3, -0.25) is 0 Å². The molecule has 0 aliphatic carbocycles. The maximum absolute atomic E-state index is 5.53. The molecule has 0 bridgehead atoms. The number of hydrogen-bond acceptors (Lipinski definition) is 3. The third-order valence-corrected chi connectivity index (χ3v) is 2.20. The lowest BCUT2D eigenvalue weighted by molar-refractivity contribution is 0.113. The van der Waals surface area contributed by atoms with Gasteiger partial charge in [0, 0.05) is 13.1 Å². The average molecular weight is 246 g/mol. The molecule has 0 atom stereocenters. The van der Waals surface area contributed by atoms with E-state index in [4.69, 9.17) is 4.74 Å². The molecule has 3 heteroatoms. The Morgan fingerprint density at radius 1 is 1.12 bits per heavy atom. The molecule has 0 amide bonds. The first-order valence-corrected chi connectivity index (χ1v) is 7.13. The molecule has 0 aliphatic heterocycles. The van der Waals surface area contributed by atoms with Crippen LogP contribution in [0.4, 0.5) is 0 Å². The Morgan fingerprint density at radius 3 is 2.29 bits per heavy atom. The van der Waals surface area contributed by atoms with Gasteiger partial charge < -0.3 is 15.0 Å². The summed E-state index contributed by atoms with van der Waals surface area (Å²) in [5.41, 5.74) is 0. The van der Waals surface area contributed by atoms with E-state index in [2.05, 4.69) is 38.0 Å². The largest absolute Gasteiger partial charge is 0.379 e. The first kappa shape index (κ1) is 19.2. The first-order chi connectivity index (χ1) is 8.16. The Hall–Kier alpha value is -0.120. The van der Waals surface area contributed by atoms with Crippen LogP contribution >= 0.6 is 0 Å². The van der Waals surface area contributed by atoms with Crippen molar-refractivity contribution in [3.8, 4) is 0 Å². The van der Waals surface area contributed by atoms with Crippen LogP contribution in [0.15, 0.2) is 0 Å². The molecule has 0 heterocycles. The highest BCUT2D eigenvalue weighted by Crippen LogP contribution is 1.87. The van der Waals surface area contributed by atoms with Crippen LogP contribution in [0.3, 0.4) is 0 Å². The molecular formula is C14H34N2O. The fourth-order valence-corrected chi connectivity index (χ4v) is 1.35. The van der Waals surface area contributed by atoms with Gasteiger partial charge >= 0.3 is 0 Å². The quantitative estimate of drug-likeness (QED) is 0.600. The number of rotatable bonds is 10. The van der Waals surface area contributed by atoms with Gasteiger partial charge in [0.2, 0.25) is 0 Å². The van der Waals surface area contributed by atoms with Crippen molar-refractivity contribution < 1.29 is 4.74 Å². The molecule has 0 unspecified atom stereocenters. The Labute approximate surface area is 109 Å². The summed E-state index contributed by atoms with van der Waals surface area (Å²) in [5, 5.41) is 3.36. The zero-order valence-electron chi connectivity index (χ0n) is 12.9. The molecule has 0 rings (SSSR count). The van der Waals surface area contributed by atoms with Crippen LogP contribution in [0.25, 0.3) is 0 Å². The molecule has 0 aromatic rings. The van der Waals surface area contributed by atoms with Gasteiger partial charge in [0.1, 0.15) is 0 Å². The normalized spacial score (nSPS) is 10.6. The number of nitrogens with zero attached hydrogens (tertiary/aromatic N) is 1. The van der Waals surface area contributed by atoms with Gasteiger partial charge in [-0.15, -0.1) is 0 Å². The zero-order valence-corrected chi connectivity index (χ0v) is 12.9. The van der Waals surface area contributed by atoms with Crippen LogP contribution in [0, 0.1) is 5.92 Å². The molecule has 0 spiro atoms. The average Bonchev–Trinajstić information content (AvgIpc) is 2.30. The standard InChI is InChI=1S/C12H28N2O.C2H6/c1-5-7-14(4)8-10-15-9-6-13-11-12(2)3;1-2/h12-13H,5-11H2,1-4H3;1-2H3. The molecular weight excluding hydrogens is 212 g/mol. The van der Waals surface area contributed by atoms with Gasteiger partial charge in [0.15, 0.2) is 0 Å². The second-order valence-electron chi connectivity index (χ2n) is 4.51. The molecule has 17 heavy (non-hydrogen) atoms. The number of ether oxygens (including phenoxy) is 1. The Morgan fingerprint density at radius 2 is 1.76 bits per heavy atom. The van der Waals surface area contributed by atoms with Gasteiger partial charge in [0.05, 0.1) is 13.2 Å². The van der Waals surface area contributed by atoms with Crippen LogP contribution in [0.1, 0.15) is 41.0 Å². The van der Waals surface area contributed by atoms with Gasteiger partial charge in [-0.2, -0.15) is 0 Å². The number of likely N-dealkylation sites (N-methyl/N-ethyl adjacent to an activating group) is 1. The third-order valence-electron chi connectivity index (χ3n) is 2.20. The molecule has 0 fully saturated rings. The highest BCUT2D eigenvalue weighted by atomic mass is 16.5. The second kappa shape index (κ2) is 15.9. The van der Waals surface area contributed by atoms with E-state index >= 15 is 0 Å². The SMILES string of the molecule is CC.CCCN(C)CCOCCNCC(C)C. The van der Waals surface area contributed by atoms with E-state index in [0.717, 1.165) is 45.3 Å². The molecule has 0 saturated carbocycles. The Bertz CT molecular complexity index is 129. The van der Waals surface area contributed by atoms with Crippen molar-refractivity contribution in [2.75, 3.05) is 46.4 Å². The summed E-state index contributed by atoms with van der Waals surface area (Å²) in [7, 11) is 2.14. The summed E-state index contributed by atoms with van der Waals surface area (Å²) in [6.07, 6.45) is 1.21. The van der Waals surface area contributed by atoms with Crippen molar-refractivity contribution in [1.29, 1.82) is 0 Å². The fourth-order valence-electron chi connectivity index (χ4n) is 1.35. The van der Waals surface area contributed by atoms with Crippen LogP contribution in [0.5, 0.6) is 0 Å². The smallest absolute Gasteiger partial charge is 0.0593 e. The summed E-state index contributed by atoms with van der Waals surface area (Å²) in [5.74, 6) is 0.723. The fraction of sp³-hybridized carbons (Fsp3) is 1.00. The molecule has 3 nitrogen and oxygen atoms in total. The lowest BCUT2D eigenvalue weighted by Crippen LogP contribution is -2.27. The highest BCUT2D eigenvalue weighted by Gasteiger charge is 1.96. The van der Waals surface area contributed by atoms with E-state index in [-0.39, 0.29) is 0 Å². The van der Waals surface area contributed by atoms with Crippen molar-refractivity contribution in [2.24, 2.45) is 5.92 Å². The van der Waals surface area contributed by atoms with E-state index in [0.29, 0.717) is 0 Å². The lowest BCUT2D eigenvalue weighted by atomic mass is 10.2.